The smallest absolute Gasteiger partial charge is 0.262 e. The zero-order valence-corrected chi connectivity index (χ0v) is 21.3. The molecule has 7 nitrogen and oxygen atoms in total. The Kier molecular flexibility index (Phi) is 5.97. The average Bonchev–Trinajstić information content (AvgIpc) is 3.08. The third-order valence-electron chi connectivity index (χ3n) is 7.62. The molecular formula is C29H32N2O5. The third-order valence-corrected chi connectivity index (χ3v) is 7.62. The highest BCUT2D eigenvalue weighted by Crippen LogP contribution is 2.42. The van der Waals surface area contributed by atoms with Crippen LogP contribution in [-0.2, 0) is 4.79 Å². The maximum atomic E-state index is 13.8. The highest BCUT2D eigenvalue weighted by molar-refractivity contribution is 6.22. The summed E-state index contributed by atoms with van der Waals surface area (Å²) in [5.74, 6) is -0.200. The highest BCUT2D eigenvalue weighted by atomic mass is 16.5. The summed E-state index contributed by atoms with van der Waals surface area (Å²) in [7, 11) is 0. The first kappa shape index (κ1) is 24.2. The number of fused-ring (bicyclic) bond motifs is 2. The van der Waals surface area contributed by atoms with Crippen LogP contribution in [0, 0.1) is 19.8 Å². The SMILES string of the molecule is Cc1cc(C)c2c(c1)C(=O)CC1(CCN(C(=O)C(CC(C)C)N3C(=O)c4ccccc4C3=O)CC1)O2. The van der Waals surface area contributed by atoms with Gasteiger partial charge in [-0.05, 0) is 55.5 Å². The molecule has 1 unspecified atom stereocenters. The van der Waals surface area contributed by atoms with Gasteiger partial charge in [0.2, 0.25) is 5.91 Å². The Morgan fingerprint density at radius 2 is 1.58 bits per heavy atom. The van der Waals surface area contributed by atoms with E-state index in [9.17, 15) is 19.2 Å². The largest absolute Gasteiger partial charge is 0.486 e. The van der Waals surface area contributed by atoms with Gasteiger partial charge in [-0.1, -0.05) is 32.0 Å². The van der Waals surface area contributed by atoms with Gasteiger partial charge in [-0.2, -0.15) is 0 Å². The first-order valence-corrected chi connectivity index (χ1v) is 12.7. The van der Waals surface area contributed by atoms with E-state index in [1.165, 1.54) is 0 Å². The van der Waals surface area contributed by atoms with E-state index in [4.69, 9.17) is 4.74 Å². The second-order valence-electron chi connectivity index (χ2n) is 10.8. The van der Waals surface area contributed by atoms with Gasteiger partial charge in [0.15, 0.2) is 5.78 Å². The predicted octanol–water partition coefficient (Wildman–Crippen LogP) is 4.34. The first-order chi connectivity index (χ1) is 17.1. The molecule has 1 atom stereocenters. The Balaban J connectivity index is 1.35. The van der Waals surface area contributed by atoms with Crippen molar-refractivity contribution < 1.29 is 23.9 Å². The van der Waals surface area contributed by atoms with Gasteiger partial charge in [0.1, 0.15) is 17.4 Å². The lowest BCUT2D eigenvalue weighted by molar-refractivity contribution is -0.139. The van der Waals surface area contributed by atoms with E-state index < -0.39 is 23.5 Å². The second-order valence-corrected chi connectivity index (χ2v) is 10.8. The van der Waals surface area contributed by atoms with Crippen LogP contribution >= 0.6 is 0 Å². The Labute approximate surface area is 211 Å². The fourth-order valence-electron chi connectivity index (χ4n) is 5.82. The number of benzene rings is 2. The molecule has 0 aliphatic carbocycles. The van der Waals surface area contributed by atoms with Gasteiger partial charge in [-0.3, -0.25) is 24.1 Å². The van der Waals surface area contributed by atoms with Crippen molar-refractivity contribution >= 4 is 23.5 Å². The van der Waals surface area contributed by atoms with Crippen LogP contribution in [0.4, 0.5) is 0 Å². The van der Waals surface area contributed by atoms with Crippen molar-refractivity contribution in [3.8, 4) is 5.75 Å². The number of hydrogen-bond donors (Lipinski definition) is 0. The summed E-state index contributed by atoms with van der Waals surface area (Å²) in [6.07, 6.45) is 1.73. The van der Waals surface area contributed by atoms with Gasteiger partial charge in [0.05, 0.1) is 23.1 Å². The summed E-state index contributed by atoms with van der Waals surface area (Å²) in [6, 6.07) is 9.77. The first-order valence-electron chi connectivity index (χ1n) is 12.7. The molecule has 0 bridgehead atoms. The van der Waals surface area contributed by atoms with E-state index in [0.29, 0.717) is 61.2 Å². The molecule has 1 spiro atoms. The topological polar surface area (TPSA) is 84.0 Å². The molecule has 3 aliphatic rings. The quantitative estimate of drug-likeness (QED) is 0.598. The van der Waals surface area contributed by atoms with E-state index in [2.05, 4.69) is 0 Å². The molecule has 7 heteroatoms. The molecule has 36 heavy (non-hydrogen) atoms. The van der Waals surface area contributed by atoms with Crippen molar-refractivity contribution in [2.75, 3.05) is 13.1 Å². The molecule has 5 rings (SSSR count). The molecule has 0 saturated carbocycles. The van der Waals surface area contributed by atoms with Crippen molar-refractivity contribution in [2.24, 2.45) is 5.92 Å². The molecular weight excluding hydrogens is 456 g/mol. The number of aryl methyl sites for hydroxylation is 2. The summed E-state index contributed by atoms with van der Waals surface area (Å²) in [5, 5.41) is 0. The number of Topliss-reactive ketones (excluding diaryl/α,β-unsaturated/α-hetero) is 1. The number of imide groups is 1. The Bertz CT molecular complexity index is 1240. The summed E-state index contributed by atoms with van der Waals surface area (Å²) in [6.45, 7) is 8.69. The average molecular weight is 489 g/mol. The van der Waals surface area contributed by atoms with Crippen LogP contribution in [0.25, 0.3) is 0 Å². The number of ether oxygens (including phenoxy) is 1. The Morgan fingerprint density at radius 1 is 0.972 bits per heavy atom. The molecule has 3 heterocycles. The summed E-state index contributed by atoms with van der Waals surface area (Å²) < 4.78 is 6.47. The van der Waals surface area contributed by atoms with Gasteiger partial charge in [0, 0.05) is 25.9 Å². The zero-order chi connectivity index (χ0) is 25.8. The minimum absolute atomic E-state index is 0.0755. The van der Waals surface area contributed by atoms with E-state index >= 15 is 0 Å². The maximum absolute atomic E-state index is 13.8. The third kappa shape index (κ3) is 4.00. The Hall–Kier alpha value is -3.48. The van der Waals surface area contributed by atoms with Crippen molar-refractivity contribution in [3.05, 3.63) is 64.2 Å². The number of piperidine rings is 1. The molecule has 3 amide bonds. The number of ketones is 1. The van der Waals surface area contributed by atoms with Gasteiger partial charge in [-0.15, -0.1) is 0 Å². The van der Waals surface area contributed by atoms with Crippen LogP contribution in [-0.4, -0.2) is 58.0 Å². The fraction of sp³-hybridized carbons (Fsp3) is 0.448. The highest BCUT2D eigenvalue weighted by Gasteiger charge is 2.47. The van der Waals surface area contributed by atoms with Gasteiger partial charge < -0.3 is 9.64 Å². The second kappa shape index (κ2) is 8.87. The molecule has 2 aromatic carbocycles. The van der Waals surface area contributed by atoms with E-state index in [1.54, 1.807) is 29.2 Å². The summed E-state index contributed by atoms with van der Waals surface area (Å²) in [5.41, 5.74) is 2.67. The van der Waals surface area contributed by atoms with Gasteiger partial charge in [0.25, 0.3) is 11.8 Å². The van der Waals surface area contributed by atoms with Crippen molar-refractivity contribution in [1.29, 1.82) is 0 Å². The van der Waals surface area contributed by atoms with Crippen LogP contribution in [0.5, 0.6) is 5.75 Å². The number of carbonyl (C=O) groups is 4. The summed E-state index contributed by atoms with van der Waals surface area (Å²) >= 11 is 0. The standard InChI is InChI=1S/C29H32N2O5/c1-17(2)13-23(31-26(33)20-7-5-6-8-21(20)27(31)34)28(35)30-11-9-29(10-12-30)16-24(32)22-15-18(3)14-19(4)25(22)36-29/h5-8,14-15,17,23H,9-13,16H2,1-4H3. The number of likely N-dealkylation sites (tertiary alicyclic amines) is 1. The van der Waals surface area contributed by atoms with Gasteiger partial charge in [-0.25, -0.2) is 0 Å². The van der Waals surface area contributed by atoms with Crippen LogP contribution < -0.4 is 4.74 Å². The molecule has 3 aliphatic heterocycles. The molecule has 188 valence electrons. The minimum atomic E-state index is -0.855. The van der Waals surface area contributed by atoms with Crippen molar-refractivity contribution in [2.45, 2.75) is 65.0 Å². The van der Waals surface area contributed by atoms with Crippen molar-refractivity contribution in [3.63, 3.8) is 0 Å². The maximum Gasteiger partial charge on any atom is 0.262 e. The van der Waals surface area contributed by atoms with E-state index in [0.717, 1.165) is 16.0 Å². The van der Waals surface area contributed by atoms with Crippen LogP contribution in [0.15, 0.2) is 36.4 Å². The van der Waals surface area contributed by atoms with Crippen LogP contribution in [0.2, 0.25) is 0 Å². The molecule has 2 aromatic rings. The number of amides is 3. The minimum Gasteiger partial charge on any atom is -0.486 e. The van der Waals surface area contributed by atoms with E-state index in [-0.39, 0.29) is 17.6 Å². The molecule has 0 aromatic heterocycles. The van der Waals surface area contributed by atoms with Gasteiger partial charge >= 0.3 is 0 Å². The van der Waals surface area contributed by atoms with Crippen LogP contribution in [0.3, 0.4) is 0 Å². The Morgan fingerprint density at radius 3 is 2.17 bits per heavy atom. The lowest BCUT2D eigenvalue weighted by atomic mass is 9.81. The molecule has 0 N–H and O–H groups in total. The predicted molar refractivity (Wildman–Crippen MR) is 134 cm³/mol. The molecule has 1 saturated heterocycles. The molecule has 1 fully saturated rings. The zero-order valence-electron chi connectivity index (χ0n) is 21.3. The molecule has 0 radical (unpaired) electrons. The number of hydrogen-bond acceptors (Lipinski definition) is 5. The van der Waals surface area contributed by atoms with Crippen LogP contribution in [0.1, 0.15) is 81.7 Å². The van der Waals surface area contributed by atoms with E-state index in [1.807, 2.05) is 39.8 Å². The lowest BCUT2D eigenvalue weighted by Crippen LogP contribution is -2.57. The number of nitrogens with zero attached hydrogens (tertiary/aromatic N) is 2. The lowest BCUT2D eigenvalue weighted by Gasteiger charge is -2.45. The normalized spacial score (nSPS) is 19.4. The number of carbonyl (C=O) groups excluding carboxylic acids is 4. The number of rotatable bonds is 4. The fourth-order valence-corrected chi connectivity index (χ4v) is 5.82. The summed E-state index contributed by atoms with van der Waals surface area (Å²) in [4.78, 5) is 56.0. The monoisotopic (exact) mass is 488 g/mol. The van der Waals surface area contributed by atoms with Crippen molar-refractivity contribution in [1.82, 2.24) is 9.80 Å².